The Hall–Kier alpha value is -3.05. The van der Waals surface area contributed by atoms with E-state index in [4.69, 9.17) is 22.3 Å². The number of nitrogens with zero attached hydrogens (tertiary/aromatic N) is 2. The molecule has 1 aromatic heterocycles. The number of halogens is 1. The van der Waals surface area contributed by atoms with E-state index in [1.54, 1.807) is 7.05 Å². The number of hydrogen-bond donors (Lipinski definition) is 2. The Bertz CT molecular complexity index is 1030. The number of urea groups is 1. The molecule has 2 amide bonds. The number of hydrogen-bond acceptors (Lipinski definition) is 3. The van der Waals surface area contributed by atoms with E-state index in [1.165, 1.54) is 10.5 Å². The van der Waals surface area contributed by atoms with Crippen LogP contribution in [0.4, 0.5) is 21.9 Å². The van der Waals surface area contributed by atoms with E-state index in [0.717, 1.165) is 53.3 Å². The predicted molar refractivity (Wildman–Crippen MR) is 114 cm³/mol. The van der Waals surface area contributed by atoms with Crippen LogP contribution in [-0.2, 0) is 12.8 Å². The summed E-state index contributed by atoms with van der Waals surface area (Å²) in [5.41, 5.74) is 12.4. The van der Waals surface area contributed by atoms with Crippen LogP contribution in [0.25, 0.3) is 11.3 Å². The van der Waals surface area contributed by atoms with Gasteiger partial charge < -0.3 is 11.1 Å². The van der Waals surface area contributed by atoms with Crippen molar-refractivity contribution < 1.29 is 4.79 Å². The average Bonchev–Trinajstić information content (AvgIpc) is 3.17. The Kier molecular flexibility index (Phi) is 4.92. The second-order valence-electron chi connectivity index (χ2n) is 6.91. The first-order valence-corrected chi connectivity index (χ1v) is 9.58. The molecule has 0 aliphatic heterocycles. The molecular formula is C22H21ClN4O. The van der Waals surface area contributed by atoms with Gasteiger partial charge >= 0.3 is 6.03 Å². The minimum absolute atomic E-state index is 0.487. The van der Waals surface area contributed by atoms with Gasteiger partial charge in [0, 0.05) is 40.4 Å². The van der Waals surface area contributed by atoms with Crippen LogP contribution in [0, 0.1) is 0 Å². The van der Waals surface area contributed by atoms with Crippen LogP contribution < -0.4 is 16.0 Å². The van der Waals surface area contributed by atoms with E-state index >= 15 is 0 Å². The molecule has 0 spiro atoms. The Balaban J connectivity index is 1.67. The Morgan fingerprint density at radius 1 is 1.14 bits per heavy atom. The normalized spacial score (nSPS) is 12.5. The molecule has 0 fully saturated rings. The van der Waals surface area contributed by atoms with Crippen molar-refractivity contribution in [2.75, 3.05) is 17.3 Å². The van der Waals surface area contributed by atoms with Crippen LogP contribution in [0.15, 0.2) is 54.6 Å². The molecule has 4 rings (SSSR count). The quantitative estimate of drug-likeness (QED) is 0.645. The third-order valence-corrected chi connectivity index (χ3v) is 5.27. The van der Waals surface area contributed by atoms with Crippen LogP contribution in [0.2, 0.25) is 5.02 Å². The molecule has 0 saturated carbocycles. The van der Waals surface area contributed by atoms with Crippen molar-refractivity contribution in [2.45, 2.75) is 19.3 Å². The SMILES string of the molecule is CN(C(N)=O)c1ccc(Nc2cc(-c3cccc(Cl)c3)nc3c2CCC3)cc1. The maximum atomic E-state index is 11.3. The van der Waals surface area contributed by atoms with Gasteiger partial charge in [0.2, 0.25) is 0 Å². The summed E-state index contributed by atoms with van der Waals surface area (Å²) in [6, 6.07) is 17.0. The smallest absolute Gasteiger partial charge is 0.318 e. The zero-order chi connectivity index (χ0) is 19.7. The molecule has 0 unspecified atom stereocenters. The van der Waals surface area contributed by atoms with E-state index in [-0.39, 0.29) is 0 Å². The van der Waals surface area contributed by atoms with Crippen LogP contribution in [-0.4, -0.2) is 18.1 Å². The van der Waals surface area contributed by atoms with Gasteiger partial charge in [-0.2, -0.15) is 0 Å². The number of rotatable bonds is 4. The lowest BCUT2D eigenvalue weighted by molar-refractivity contribution is 0.255. The topological polar surface area (TPSA) is 71.2 Å². The lowest BCUT2D eigenvalue weighted by atomic mass is 10.1. The molecule has 0 saturated heterocycles. The number of primary amides is 1. The summed E-state index contributed by atoms with van der Waals surface area (Å²) in [6.45, 7) is 0. The third kappa shape index (κ3) is 3.66. The van der Waals surface area contributed by atoms with E-state index in [9.17, 15) is 4.79 Å². The maximum Gasteiger partial charge on any atom is 0.318 e. The van der Waals surface area contributed by atoms with Gasteiger partial charge in [0.1, 0.15) is 0 Å². The highest BCUT2D eigenvalue weighted by molar-refractivity contribution is 6.30. The molecule has 5 nitrogen and oxygen atoms in total. The number of amides is 2. The van der Waals surface area contributed by atoms with Crippen molar-refractivity contribution in [3.8, 4) is 11.3 Å². The minimum Gasteiger partial charge on any atom is -0.355 e. The van der Waals surface area contributed by atoms with Gasteiger partial charge in [-0.05, 0) is 67.3 Å². The first-order valence-electron chi connectivity index (χ1n) is 9.20. The number of nitrogens with two attached hydrogens (primary N) is 1. The maximum absolute atomic E-state index is 11.3. The van der Waals surface area contributed by atoms with Gasteiger partial charge in [-0.3, -0.25) is 9.88 Å². The predicted octanol–water partition coefficient (Wildman–Crippen LogP) is 5.15. The Morgan fingerprint density at radius 3 is 2.64 bits per heavy atom. The molecule has 3 aromatic rings. The fraction of sp³-hybridized carbons (Fsp3) is 0.182. The second-order valence-corrected chi connectivity index (χ2v) is 7.35. The minimum atomic E-state index is -0.487. The van der Waals surface area contributed by atoms with E-state index in [0.29, 0.717) is 5.02 Å². The summed E-state index contributed by atoms with van der Waals surface area (Å²) in [5, 5.41) is 4.21. The zero-order valence-corrected chi connectivity index (χ0v) is 16.3. The first-order chi connectivity index (χ1) is 13.5. The number of nitrogens with one attached hydrogen (secondary N) is 1. The van der Waals surface area contributed by atoms with Crippen LogP contribution in [0.5, 0.6) is 0 Å². The molecule has 0 bridgehead atoms. The van der Waals surface area contributed by atoms with Gasteiger partial charge in [-0.1, -0.05) is 23.7 Å². The van der Waals surface area contributed by atoms with Crippen molar-refractivity contribution in [3.05, 3.63) is 70.9 Å². The fourth-order valence-electron chi connectivity index (χ4n) is 3.50. The lowest BCUT2D eigenvalue weighted by Crippen LogP contribution is -2.31. The number of aromatic nitrogens is 1. The lowest BCUT2D eigenvalue weighted by Gasteiger charge is -2.16. The van der Waals surface area contributed by atoms with Crippen molar-refractivity contribution >= 4 is 34.7 Å². The van der Waals surface area contributed by atoms with Crippen molar-refractivity contribution in [3.63, 3.8) is 0 Å². The summed E-state index contributed by atoms with van der Waals surface area (Å²) in [5.74, 6) is 0. The molecule has 142 valence electrons. The number of benzene rings is 2. The number of fused-ring (bicyclic) bond motifs is 1. The Morgan fingerprint density at radius 2 is 1.93 bits per heavy atom. The summed E-state index contributed by atoms with van der Waals surface area (Å²) in [6.07, 6.45) is 3.11. The molecule has 0 radical (unpaired) electrons. The molecule has 1 heterocycles. The zero-order valence-electron chi connectivity index (χ0n) is 15.6. The van der Waals surface area contributed by atoms with Crippen molar-refractivity contribution in [2.24, 2.45) is 5.73 Å². The van der Waals surface area contributed by atoms with Crippen molar-refractivity contribution in [1.29, 1.82) is 0 Å². The highest BCUT2D eigenvalue weighted by atomic mass is 35.5. The van der Waals surface area contributed by atoms with E-state index in [1.807, 2.05) is 48.5 Å². The molecule has 2 aromatic carbocycles. The van der Waals surface area contributed by atoms with Crippen molar-refractivity contribution in [1.82, 2.24) is 4.98 Å². The Labute approximate surface area is 169 Å². The summed E-state index contributed by atoms with van der Waals surface area (Å²) >= 11 is 6.16. The van der Waals surface area contributed by atoms with Crippen LogP contribution in [0.1, 0.15) is 17.7 Å². The molecule has 3 N–H and O–H groups in total. The van der Waals surface area contributed by atoms with E-state index in [2.05, 4.69) is 11.4 Å². The highest BCUT2D eigenvalue weighted by Gasteiger charge is 2.19. The standard InChI is InChI=1S/C22H21ClN4O/c1-27(22(24)28)17-10-8-16(9-11-17)25-21-13-20(14-4-2-5-15(23)12-14)26-19-7-3-6-18(19)21/h2,4-5,8-13H,3,6-7H2,1H3,(H2,24,28)(H,25,26). The summed E-state index contributed by atoms with van der Waals surface area (Å²) < 4.78 is 0. The fourth-order valence-corrected chi connectivity index (χ4v) is 3.69. The molecule has 1 aliphatic carbocycles. The molecule has 28 heavy (non-hydrogen) atoms. The largest absolute Gasteiger partial charge is 0.355 e. The number of carbonyl (C=O) groups is 1. The van der Waals surface area contributed by atoms with Crippen LogP contribution >= 0.6 is 11.6 Å². The third-order valence-electron chi connectivity index (χ3n) is 5.03. The highest BCUT2D eigenvalue weighted by Crippen LogP contribution is 2.34. The first kappa shape index (κ1) is 18.3. The number of pyridine rings is 1. The summed E-state index contributed by atoms with van der Waals surface area (Å²) in [7, 11) is 1.65. The number of aryl methyl sites for hydroxylation is 1. The average molecular weight is 393 g/mol. The van der Waals surface area contributed by atoms with Gasteiger partial charge in [-0.25, -0.2) is 4.79 Å². The van der Waals surface area contributed by atoms with E-state index < -0.39 is 6.03 Å². The number of anilines is 3. The molecule has 1 aliphatic rings. The van der Waals surface area contributed by atoms with Gasteiger partial charge in [0.05, 0.1) is 5.69 Å². The van der Waals surface area contributed by atoms with Gasteiger partial charge in [-0.15, -0.1) is 0 Å². The second kappa shape index (κ2) is 7.52. The molecule has 6 heteroatoms. The molecular weight excluding hydrogens is 372 g/mol. The van der Waals surface area contributed by atoms with Gasteiger partial charge in [0.25, 0.3) is 0 Å². The van der Waals surface area contributed by atoms with Gasteiger partial charge in [0.15, 0.2) is 0 Å². The monoisotopic (exact) mass is 392 g/mol. The molecule has 0 atom stereocenters. The number of carbonyl (C=O) groups excluding carboxylic acids is 1. The van der Waals surface area contributed by atoms with Crippen LogP contribution in [0.3, 0.4) is 0 Å². The summed E-state index contributed by atoms with van der Waals surface area (Å²) in [4.78, 5) is 17.6.